The van der Waals surface area contributed by atoms with Crippen molar-refractivity contribution in [1.29, 1.82) is 0 Å². The second-order valence-electron chi connectivity index (χ2n) is 18.9. The monoisotopic (exact) mass is 962 g/mol. The predicted octanol–water partition coefficient (Wildman–Crippen LogP) is 7.81. The number of nitrogens with zero attached hydrogens (tertiary/aromatic N) is 4. The Hall–Kier alpha value is -6.66. The van der Waals surface area contributed by atoms with E-state index >= 15 is 0 Å². The standard InChI is InChI=1S/C52H66N8O10/c1-29(2)42(57-51(63)67-7)49(61)59-21-9-10-41(59)47-54-38-20-16-33(27-39(38)55-47)37-19-18-36(45(69-24-22-65-5)46(37)70-25-23-66-6)31-11-13-32(14-12-31)40-28-53-48(56-40)44-34-15-17-35(26-34)60(44)50(62)43(30(3)4)58-52(64)68-8/h11-14,16,18-20,27-30,34-35,41-44H,9-10,15,17,21-26H2,1-8H3,(H,53,56)(H,54,55)(H,57,63)(H,58,64)/t34-,35-,41+,42+,43+,44+/m1/s1. The smallest absolute Gasteiger partial charge is 0.407 e. The Morgan fingerprint density at radius 1 is 0.700 bits per heavy atom. The lowest BCUT2D eigenvalue weighted by Gasteiger charge is -2.37. The van der Waals surface area contributed by atoms with Gasteiger partial charge >= 0.3 is 12.2 Å². The Kier molecular flexibility index (Phi) is 15.6. The number of likely N-dealkylation sites (tertiary alicyclic amines) is 2. The van der Waals surface area contributed by atoms with Gasteiger partial charge in [0.1, 0.15) is 36.9 Å². The van der Waals surface area contributed by atoms with E-state index in [1.165, 1.54) is 14.2 Å². The lowest BCUT2D eigenvalue weighted by atomic mass is 9.95. The molecule has 6 atom stereocenters. The summed E-state index contributed by atoms with van der Waals surface area (Å²) in [4.78, 5) is 73.0. The number of aromatic nitrogens is 4. The zero-order chi connectivity index (χ0) is 49.6. The summed E-state index contributed by atoms with van der Waals surface area (Å²) in [6.07, 6.45) is 4.90. The number of benzene rings is 3. The van der Waals surface area contributed by atoms with Crippen LogP contribution in [0.1, 0.15) is 83.5 Å². The van der Waals surface area contributed by atoms with Crippen LogP contribution in [0.2, 0.25) is 0 Å². The van der Waals surface area contributed by atoms with Gasteiger partial charge in [0.15, 0.2) is 11.5 Å². The van der Waals surface area contributed by atoms with Gasteiger partial charge in [-0.2, -0.15) is 0 Å². The number of piperidine rings is 1. The number of carbonyl (C=O) groups is 4. The van der Waals surface area contributed by atoms with Crippen molar-refractivity contribution in [2.45, 2.75) is 90.0 Å². The predicted molar refractivity (Wildman–Crippen MR) is 262 cm³/mol. The molecule has 70 heavy (non-hydrogen) atoms. The maximum absolute atomic E-state index is 14.1. The number of methoxy groups -OCH3 is 4. The molecule has 4 heterocycles. The second-order valence-corrected chi connectivity index (χ2v) is 18.9. The number of nitrogens with one attached hydrogen (secondary N) is 4. The first kappa shape index (κ1) is 49.8. The van der Waals surface area contributed by atoms with Crippen molar-refractivity contribution in [3.8, 4) is 45.0 Å². The lowest BCUT2D eigenvalue weighted by Crippen LogP contribution is -2.54. The van der Waals surface area contributed by atoms with Gasteiger partial charge in [-0.3, -0.25) is 9.59 Å². The van der Waals surface area contributed by atoms with E-state index in [0.29, 0.717) is 37.1 Å². The number of hydrogen-bond donors (Lipinski definition) is 4. The fraction of sp³-hybridized carbons (Fsp3) is 0.500. The minimum Gasteiger partial charge on any atom is -0.487 e. The van der Waals surface area contributed by atoms with Gasteiger partial charge < -0.3 is 58.8 Å². The Morgan fingerprint density at radius 2 is 1.30 bits per heavy atom. The van der Waals surface area contributed by atoms with Crippen LogP contribution in [0.15, 0.2) is 60.8 Å². The molecule has 3 aliphatic rings. The van der Waals surface area contributed by atoms with Crippen LogP contribution < -0.4 is 20.1 Å². The molecule has 3 fully saturated rings. The van der Waals surface area contributed by atoms with Gasteiger partial charge in [-0.1, -0.05) is 58.0 Å². The number of aromatic amines is 2. The molecule has 5 aromatic rings. The molecule has 18 nitrogen and oxygen atoms in total. The maximum Gasteiger partial charge on any atom is 0.407 e. The van der Waals surface area contributed by atoms with Crippen molar-refractivity contribution in [3.05, 3.63) is 72.4 Å². The van der Waals surface area contributed by atoms with Crippen molar-refractivity contribution in [1.82, 2.24) is 40.4 Å². The highest BCUT2D eigenvalue weighted by Gasteiger charge is 2.51. The Morgan fingerprint density at radius 3 is 1.91 bits per heavy atom. The number of fused-ring (bicyclic) bond motifs is 3. The van der Waals surface area contributed by atoms with Gasteiger partial charge in [0.25, 0.3) is 0 Å². The van der Waals surface area contributed by atoms with Crippen LogP contribution in [-0.4, -0.2) is 133 Å². The highest BCUT2D eigenvalue weighted by Crippen LogP contribution is 2.51. The SMILES string of the molecule is COCCOc1c(-c2ccc(-c3cnc([C@@H]4[C@@H]5CC[C@H](C5)N4C(=O)[C@@H](NC(=O)OC)C(C)C)[nH]3)cc2)ccc(-c2ccc3nc([C@@H]4CCCN4C(=O)[C@@H](NC(=O)OC)C(C)C)[nH]c3c2)c1OCCOC. The fourth-order valence-corrected chi connectivity index (χ4v) is 10.3. The van der Waals surface area contributed by atoms with E-state index in [1.54, 1.807) is 19.1 Å². The number of rotatable bonds is 19. The Balaban J connectivity index is 1.08. The highest BCUT2D eigenvalue weighted by atomic mass is 16.6. The first-order valence-corrected chi connectivity index (χ1v) is 24.2. The Labute approximate surface area is 408 Å². The third-order valence-corrected chi connectivity index (χ3v) is 13.8. The summed E-state index contributed by atoms with van der Waals surface area (Å²) in [5.74, 6) is 2.19. The average Bonchev–Trinajstić information content (AvgIpc) is 4.23. The molecule has 1 aliphatic carbocycles. The molecular weight excluding hydrogens is 897 g/mol. The van der Waals surface area contributed by atoms with Crippen LogP contribution in [0.25, 0.3) is 44.5 Å². The van der Waals surface area contributed by atoms with Crippen molar-refractivity contribution >= 4 is 35.0 Å². The van der Waals surface area contributed by atoms with E-state index in [0.717, 1.165) is 82.5 Å². The summed E-state index contributed by atoms with van der Waals surface area (Å²) in [5, 5.41) is 5.48. The summed E-state index contributed by atoms with van der Waals surface area (Å²) in [5.41, 5.74) is 6.65. The normalized spacial score (nSPS) is 19.5. The van der Waals surface area contributed by atoms with Crippen LogP contribution in [0.5, 0.6) is 11.5 Å². The Bertz CT molecular complexity index is 2650. The van der Waals surface area contributed by atoms with E-state index in [4.69, 9.17) is 38.4 Å². The minimum atomic E-state index is -0.738. The highest BCUT2D eigenvalue weighted by molar-refractivity contribution is 5.90. The van der Waals surface area contributed by atoms with E-state index in [-0.39, 0.29) is 60.9 Å². The summed E-state index contributed by atoms with van der Waals surface area (Å²) < 4.78 is 33.6. The topological polar surface area (TPSA) is 212 Å². The number of amides is 4. The zero-order valence-corrected chi connectivity index (χ0v) is 41.3. The van der Waals surface area contributed by atoms with Gasteiger partial charge in [0.05, 0.1) is 62.4 Å². The van der Waals surface area contributed by atoms with Gasteiger partial charge in [-0.25, -0.2) is 19.6 Å². The van der Waals surface area contributed by atoms with Crippen molar-refractivity contribution in [2.24, 2.45) is 17.8 Å². The van der Waals surface area contributed by atoms with E-state index < -0.39 is 24.3 Å². The van der Waals surface area contributed by atoms with Gasteiger partial charge in [-0.15, -0.1) is 0 Å². The third kappa shape index (κ3) is 10.3. The summed E-state index contributed by atoms with van der Waals surface area (Å²) in [6, 6.07) is 16.3. The van der Waals surface area contributed by atoms with Gasteiger partial charge in [0, 0.05) is 37.9 Å². The number of hydrogen-bond acceptors (Lipinski definition) is 12. The molecule has 3 aromatic carbocycles. The second kappa shape index (κ2) is 22.0. The van der Waals surface area contributed by atoms with Crippen LogP contribution >= 0.6 is 0 Å². The number of ether oxygens (including phenoxy) is 6. The van der Waals surface area contributed by atoms with Crippen LogP contribution in [-0.2, 0) is 28.5 Å². The largest absolute Gasteiger partial charge is 0.487 e. The van der Waals surface area contributed by atoms with Gasteiger partial charge in [0.2, 0.25) is 11.8 Å². The molecule has 8 rings (SSSR count). The van der Waals surface area contributed by atoms with Crippen LogP contribution in [0.3, 0.4) is 0 Å². The molecule has 0 radical (unpaired) electrons. The van der Waals surface area contributed by atoms with Crippen LogP contribution in [0.4, 0.5) is 9.59 Å². The van der Waals surface area contributed by atoms with E-state index in [9.17, 15) is 19.2 Å². The molecule has 2 aromatic heterocycles. The number of H-pyrrole nitrogens is 2. The fourth-order valence-electron chi connectivity index (χ4n) is 10.3. The molecule has 0 unspecified atom stereocenters. The van der Waals surface area contributed by atoms with Crippen molar-refractivity contribution < 1.29 is 47.6 Å². The number of imidazole rings is 2. The summed E-state index contributed by atoms with van der Waals surface area (Å²) in [6.45, 7) is 9.42. The molecule has 1 saturated carbocycles. The molecule has 2 aliphatic heterocycles. The maximum atomic E-state index is 14.1. The minimum absolute atomic E-state index is 0.0850. The zero-order valence-electron chi connectivity index (χ0n) is 41.3. The quantitative estimate of drug-likeness (QED) is 0.0584. The molecule has 374 valence electrons. The van der Waals surface area contributed by atoms with Crippen molar-refractivity contribution in [2.75, 3.05) is 61.4 Å². The number of carbonyl (C=O) groups excluding carboxylic acids is 4. The molecule has 2 bridgehead atoms. The molecule has 18 heteroatoms. The third-order valence-electron chi connectivity index (χ3n) is 13.8. The first-order chi connectivity index (χ1) is 33.8. The lowest BCUT2D eigenvalue weighted by molar-refractivity contribution is -0.139. The van der Waals surface area contributed by atoms with E-state index in [1.807, 2.05) is 93.4 Å². The summed E-state index contributed by atoms with van der Waals surface area (Å²) in [7, 11) is 5.84. The molecule has 4 N–H and O–H groups in total. The number of alkyl carbamates (subject to hydrolysis) is 2. The average molecular weight is 963 g/mol. The molecular formula is C52H66N8O10. The molecule has 4 amide bonds. The molecule has 0 spiro atoms. The first-order valence-electron chi connectivity index (χ1n) is 24.2. The summed E-state index contributed by atoms with van der Waals surface area (Å²) >= 11 is 0. The van der Waals surface area contributed by atoms with Gasteiger partial charge in [-0.05, 0) is 90.8 Å². The molecule has 2 saturated heterocycles. The van der Waals surface area contributed by atoms with E-state index in [2.05, 4.69) is 20.6 Å². The van der Waals surface area contributed by atoms with Crippen molar-refractivity contribution in [3.63, 3.8) is 0 Å². The van der Waals surface area contributed by atoms with Crippen LogP contribution in [0, 0.1) is 17.8 Å².